The average Bonchev–Trinajstić information content (AvgIpc) is 3.15. The predicted octanol–water partition coefficient (Wildman–Crippen LogP) is 2.38. The zero-order valence-electron chi connectivity index (χ0n) is 13.5. The topological polar surface area (TPSA) is 80.3 Å². The van der Waals surface area contributed by atoms with Crippen LogP contribution in [0.3, 0.4) is 0 Å². The molecule has 2 aromatic rings. The average molecular weight is 343 g/mol. The molecule has 0 spiro atoms. The minimum Gasteiger partial charge on any atom is -0.376 e. The molecule has 1 aliphatic heterocycles. The maximum absolute atomic E-state index is 12.9. The lowest BCUT2D eigenvalue weighted by Crippen LogP contribution is -2.32. The standard InChI is InChI=1S/C18H18FN3O3/c19-14-3-5-15(6-4-14)22-18(24)13-8-12(9-20-10-13)17(23)21-11-16-2-1-7-25-16/h3-6,8-10,16H,1-2,7,11H2,(H,21,23)(H,22,24). The van der Waals surface area contributed by atoms with E-state index in [9.17, 15) is 14.0 Å². The summed E-state index contributed by atoms with van der Waals surface area (Å²) < 4.78 is 18.4. The van der Waals surface area contributed by atoms with E-state index in [2.05, 4.69) is 15.6 Å². The zero-order valence-corrected chi connectivity index (χ0v) is 13.5. The number of aromatic nitrogens is 1. The van der Waals surface area contributed by atoms with E-state index in [1.807, 2.05) is 0 Å². The summed E-state index contributed by atoms with van der Waals surface area (Å²) in [6.45, 7) is 1.16. The van der Waals surface area contributed by atoms with Gasteiger partial charge in [-0.15, -0.1) is 0 Å². The fourth-order valence-corrected chi connectivity index (χ4v) is 2.54. The Morgan fingerprint density at radius 2 is 1.88 bits per heavy atom. The second kappa shape index (κ2) is 7.85. The first kappa shape index (κ1) is 17.0. The van der Waals surface area contributed by atoms with Crippen molar-refractivity contribution < 1.29 is 18.7 Å². The summed E-state index contributed by atoms with van der Waals surface area (Å²) in [6, 6.07) is 6.89. The molecular weight excluding hydrogens is 325 g/mol. The number of rotatable bonds is 5. The first-order chi connectivity index (χ1) is 12.1. The van der Waals surface area contributed by atoms with Gasteiger partial charge >= 0.3 is 0 Å². The molecule has 0 saturated carbocycles. The van der Waals surface area contributed by atoms with Gasteiger partial charge in [-0.2, -0.15) is 0 Å². The predicted molar refractivity (Wildman–Crippen MR) is 89.9 cm³/mol. The van der Waals surface area contributed by atoms with Gasteiger partial charge in [-0.1, -0.05) is 0 Å². The van der Waals surface area contributed by atoms with E-state index < -0.39 is 5.91 Å². The Morgan fingerprint density at radius 1 is 1.16 bits per heavy atom. The number of carbonyl (C=O) groups is 2. The molecule has 1 unspecified atom stereocenters. The number of benzene rings is 1. The lowest BCUT2D eigenvalue weighted by Gasteiger charge is -2.11. The summed E-state index contributed by atoms with van der Waals surface area (Å²) in [7, 11) is 0. The number of carbonyl (C=O) groups excluding carboxylic acids is 2. The zero-order chi connectivity index (χ0) is 17.6. The van der Waals surface area contributed by atoms with Crippen LogP contribution >= 0.6 is 0 Å². The molecule has 130 valence electrons. The Morgan fingerprint density at radius 3 is 2.56 bits per heavy atom. The molecule has 6 nitrogen and oxygen atoms in total. The molecule has 1 aromatic carbocycles. The number of halogens is 1. The van der Waals surface area contributed by atoms with Crippen LogP contribution in [0.5, 0.6) is 0 Å². The molecular formula is C18H18FN3O3. The van der Waals surface area contributed by atoms with Gasteiger partial charge in [0.15, 0.2) is 0 Å². The molecule has 2 heterocycles. The SMILES string of the molecule is O=C(NCC1CCCO1)c1cncc(C(=O)Nc2ccc(F)cc2)c1. The highest BCUT2D eigenvalue weighted by Gasteiger charge is 2.17. The number of nitrogens with zero attached hydrogens (tertiary/aromatic N) is 1. The van der Waals surface area contributed by atoms with Crippen LogP contribution in [0.4, 0.5) is 10.1 Å². The van der Waals surface area contributed by atoms with Crippen LogP contribution in [-0.2, 0) is 4.74 Å². The smallest absolute Gasteiger partial charge is 0.257 e. The van der Waals surface area contributed by atoms with Gasteiger partial charge in [0.05, 0.1) is 17.2 Å². The Balaban J connectivity index is 1.62. The van der Waals surface area contributed by atoms with Gasteiger partial charge in [-0.3, -0.25) is 14.6 Å². The molecule has 0 bridgehead atoms. The number of ether oxygens (including phenoxy) is 1. The summed E-state index contributed by atoms with van der Waals surface area (Å²) in [5.74, 6) is -1.11. The summed E-state index contributed by atoms with van der Waals surface area (Å²) in [5, 5.41) is 5.42. The number of hydrogen-bond donors (Lipinski definition) is 2. The van der Waals surface area contributed by atoms with E-state index in [-0.39, 0.29) is 23.4 Å². The Bertz CT molecular complexity index is 758. The van der Waals surface area contributed by atoms with Crippen molar-refractivity contribution in [1.29, 1.82) is 0 Å². The number of nitrogens with one attached hydrogen (secondary N) is 2. The number of pyridine rings is 1. The number of anilines is 1. The van der Waals surface area contributed by atoms with Crippen molar-refractivity contribution in [2.24, 2.45) is 0 Å². The van der Waals surface area contributed by atoms with Crippen LogP contribution in [0.1, 0.15) is 33.6 Å². The Labute approximate surface area is 144 Å². The Kier molecular flexibility index (Phi) is 5.35. The van der Waals surface area contributed by atoms with Gasteiger partial charge < -0.3 is 15.4 Å². The molecule has 1 aromatic heterocycles. The van der Waals surface area contributed by atoms with E-state index in [0.717, 1.165) is 19.4 Å². The van der Waals surface area contributed by atoms with Gasteiger partial charge in [0.1, 0.15) is 5.82 Å². The van der Waals surface area contributed by atoms with E-state index in [4.69, 9.17) is 4.74 Å². The molecule has 0 aliphatic carbocycles. The van der Waals surface area contributed by atoms with Gasteiger partial charge in [0.2, 0.25) is 0 Å². The lowest BCUT2D eigenvalue weighted by atomic mass is 10.1. The number of amides is 2. The molecule has 1 aliphatic rings. The molecule has 3 rings (SSSR count). The minimum atomic E-state index is -0.423. The summed E-state index contributed by atoms with van der Waals surface area (Å²) in [6.07, 6.45) is 4.75. The van der Waals surface area contributed by atoms with Gasteiger partial charge in [-0.05, 0) is 43.2 Å². The van der Waals surface area contributed by atoms with Crippen LogP contribution in [0, 0.1) is 5.82 Å². The first-order valence-corrected chi connectivity index (χ1v) is 8.03. The van der Waals surface area contributed by atoms with E-state index in [1.165, 1.54) is 42.7 Å². The lowest BCUT2D eigenvalue weighted by molar-refractivity contribution is 0.0857. The van der Waals surface area contributed by atoms with Crippen LogP contribution in [0.15, 0.2) is 42.7 Å². The third-order valence-electron chi connectivity index (χ3n) is 3.88. The summed E-state index contributed by atoms with van der Waals surface area (Å²) in [5.41, 5.74) is 0.999. The molecule has 7 heteroatoms. The summed E-state index contributed by atoms with van der Waals surface area (Å²) >= 11 is 0. The summed E-state index contributed by atoms with van der Waals surface area (Å²) in [4.78, 5) is 28.4. The van der Waals surface area contributed by atoms with Crippen molar-refractivity contribution in [3.63, 3.8) is 0 Å². The monoisotopic (exact) mass is 343 g/mol. The highest BCUT2D eigenvalue weighted by Crippen LogP contribution is 2.12. The van der Waals surface area contributed by atoms with Crippen LogP contribution in [0.2, 0.25) is 0 Å². The third-order valence-corrected chi connectivity index (χ3v) is 3.88. The van der Waals surface area contributed by atoms with Gasteiger partial charge in [-0.25, -0.2) is 4.39 Å². The quantitative estimate of drug-likeness (QED) is 0.873. The van der Waals surface area contributed by atoms with Crippen molar-refractivity contribution in [1.82, 2.24) is 10.3 Å². The van der Waals surface area contributed by atoms with E-state index >= 15 is 0 Å². The number of hydrogen-bond acceptors (Lipinski definition) is 4. The second-order valence-electron chi connectivity index (χ2n) is 5.77. The molecule has 1 saturated heterocycles. The highest BCUT2D eigenvalue weighted by atomic mass is 19.1. The van der Waals surface area contributed by atoms with E-state index in [0.29, 0.717) is 17.8 Å². The van der Waals surface area contributed by atoms with Crippen LogP contribution < -0.4 is 10.6 Å². The van der Waals surface area contributed by atoms with Crippen molar-refractivity contribution in [3.8, 4) is 0 Å². The first-order valence-electron chi connectivity index (χ1n) is 8.03. The molecule has 1 atom stereocenters. The van der Waals surface area contributed by atoms with Gasteiger partial charge in [0.25, 0.3) is 11.8 Å². The Hall–Kier alpha value is -2.80. The fourth-order valence-electron chi connectivity index (χ4n) is 2.54. The second-order valence-corrected chi connectivity index (χ2v) is 5.77. The van der Waals surface area contributed by atoms with E-state index in [1.54, 1.807) is 0 Å². The highest BCUT2D eigenvalue weighted by molar-refractivity contribution is 6.05. The molecule has 1 fully saturated rings. The minimum absolute atomic E-state index is 0.0434. The van der Waals surface area contributed by atoms with Crippen LogP contribution in [-0.4, -0.2) is 36.1 Å². The maximum atomic E-state index is 12.9. The van der Waals surface area contributed by atoms with Crippen molar-refractivity contribution >= 4 is 17.5 Å². The van der Waals surface area contributed by atoms with Gasteiger partial charge in [0, 0.05) is 31.2 Å². The van der Waals surface area contributed by atoms with Crippen LogP contribution in [0.25, 0.3) is 0 Å². The molecule has 2 amide bonds. The molecule has 2 N–H and O–H groups in total. The maximum Gasteiger partial charge on any atom is 0.257 e. The van der Waals surface area contributed by atoms with Crippen molar-refractivity contribution in [2.75, 3.05) is 18.5 Å². The largest absolute Gasteiger partial charge is 0.376 e. The normalized spacial score (nSPS) is 16.4. The fraction of sp³-hybridized carbons (Fsp3) is 0.278. The third kappa shape index (κ3) is 4.60. The molecule has 25 heavy (non-hydrogen) atoms. The molecule has 0 radical (unpaired) electrons. The van der Waals surface area contributed by atoms with Crippen molar-refractivity contribution in [2.45, 2.75) is 18.9 Å². The van der Waals surface area contributed by atoms with Crippen molar-refractivity contribution in [3.05, 3.63) is 59.7 Å².